The minimum Gasteiger partial charge on any atom is -0.348 e. The molecular weight excluding hydrogens is 200 g/mol. The van der Waals surface area contributed by atoms with Crippen molar-refractivity contribution in [2.24, 2.45) is 12.0 Å². The highest BCUT2D eigenvalue weighted by molar-refractivity contribution is 5.85. The Hall–Kier alpha value is -1.86. The van der Waals surface area contributed by atoms with Gasteiger partial charge in [-0.15, -0.1) is 0 Å². The fourth-order valence-electron chi connectivity index (χ4n) is 2.02. The van der Waals surface area contributed by atoms with Gasteiger partial charge in [-0.05, 0) is 31.0 Å². The quantitative estimate of drug-likeness (QED) is 0.559. The summed E-state index contributed by atoms with van der Waals surface area (Å²) >= 11 is 0. The van der Waals surface area contributed by atoms with Gasteiger partial charge in [0.05, 0.1) is 6.54 Å². The van der Waals surface area contributed by atoms with Crippen LogP contribution < -0.4 is 0 Å². The van der Waals surface area contributed by atoms with Crippen LogP contribution >= 0.6 is 0 Å². The number of aryl methyl sites for hydroxylation is 2. The minimum atomic E-state index is 0.405. The fourth-order valence-corrected chi connectivity index (χ4v) is 2.02. The summed E-state index contributed by atoms with van der Waals surface area (Å²) in [4.78, 5) is 13.7. The Morgan fingerprint density at radius 3 is 2.81 bits per heavy atom. The second kappa shape index (κ2) is 3.95. The lowest BCUT2D eigenvalue weighted by atomic mass is 10.1. The van der Waals surface area contributed by atoms with E-state index in [1.807, 2.05) is 6.07 Å². The summed E-state index contributed by atoms with van der Waals surface area (Å²) in [5.41, 5.74) is 4.80. The van der Waals surface area contributed by atoms with Gasteiger partial charge in [-0.2, -0.15) is 0 Å². The van der Waals surface area contributed by atoms with Gasteiger partial charge in [0, 0.05) is 23.6 Å². The predicted molar refractivity (Wildman–Crippen MR) is 64.2 cm³/mol. The smallest absolute Gasteiger partial charge is 0.235 e. The Bertz CT molecular complexity index is 589. The van der Waals surface area contributed by atoms with Crippen LogP contribution in [0.1, 0.15) is 16.8 Å². The summed E-state index contributed by atoms with van der Waals surface area (Å²) in [6.45, 7) is 4.64. The first kappa shape index (κ1) is 10.7. The molecule has 0 spiro atoms. The second-order valence-corrected chi connectivity index (χ2v) is 4.03. The third kappa shape index (κ3) is 1.55. The highest BCUT2D eigenvalue weighted by atomic mass is 16.1. The summed E-state index contributed by atoms with van der Waals surface area (Å²) < 4.78 is 2.17. The van der Waals surface area contributed by atoms with E-state index < -0.39 is 0 Å². The maximum Gasteiger partial charge on any atom is 0.235 e. The normalized spacial score (nSPS) is 10.4. The van der Waals surface area contributed by atoms with Crippen molar-refractivity contribution in [2.45, 2.75) is 20.4 Å². The predicted octanol–water partition coefficient (Wildman–Crippen LogP) is 2.63. The first-order chi connectivity index (χ1) is 7.65. The summed E-state index contributed by atoms with van der Waals surface area (Å²) in [7, 11) is 2.05. The molecule has 0 N–H and O–H groups in total. The number of hydrogen-bond acceptors (Lipinski definition) is 2. The third-order valence-electron chi connectivity index (χ3n) is 3.20. The van der Waals surface area contributed by atoms with Crippen molar-refractivity contribution < 1.29 is 4.79 Å². The molecule has 0 amide bonds. The Kier molecular flexibility index (Phi) is 2.63. The van der Waals surface area contributed by atoms with Gasteiger partial charge < -0.3 is 4.57 Å². The van der Waals surface area contributed by atoms with Gasteiger partial charge in [0.2, 0.25) is 6.08 Å². The van der Waals surface area contributed by atoms with Crippen LogP contribution in [0.3, 0.4) is 0 Å². The van der Waals surface area contributed by atoms with E-state index in [9.17, 15) is 4.79 Å². The van der Waals surface area contributed by atoms with E-state index in [1.54, 1.807) is 6.08 Å². The Morgan fingerprint density at radius 2 is 2.12 bits per heavy atom. The average Bonchev–Trinajstić information content (AvgIpc) is 2.52. The first-order valence-corrected chi connectivity index (χ1v) is 5.23. The molecule has 0 saturated heterocycles. The van der Waals surface area contributed by atoms with Crippen LogP contribution in [0.4, 0.5) is 0 Å². The minimum absolute atomic E-state index is 0.405. The molecule has 0 aliphatic rings. The van der Waals surface area contributed by atoms with Crippen LogP contribution in [-0.4, -0.2) is 10.6 Å². The number of aromatic nitrogens is 1. The van der Waals surface area contributed by atoms with Crippen molar-refractivity contribution in [3.05, 3.63) is 35.0 Å². The van der Waals surface area contributed by atoms with Gasteiger partial charge in [0.25, 0.3) is 0 Å². The summed E-state index contributed by atoms with van der Waals surface area (Å²) in [6, 6.07) is 6.18. The van der Waals surface area contributed by atoms with Crippen molar-refractivity contribution in [1.82, 2.24) is 4.57 Å². The molecule has 0 radical (unpaired) electrons. The zero-order chi connectivity index (χ0) is 11.7. The van der Waals surface area contributed by atoms with Gasteiger partial charge in [-0.3, -0.25) is 0 Å². The standard InChI is InChI=1S/C13H14N2O/c1-9-10(2)15(3)13-6-11(7-14-8-16)4-5-12(9)13/h4-6H,7H2,1-3H3. The number of carbonyl (C=O) groups excluding carboxylic acids is 1. The maximum atomic E-state index is 10.1. The van der Waals surface area contributed by atoms with Crippen LogP contribution in [0.5, 0.6) is 0 Å². The van der Waals surface area contributed by atoms with Crippen molar-refractivity contribution in [1.29, 1.82) is 0 Å². The molecule has 0 bridgehead atoms. The number of fused-ring (bicyclic) bond motifs is 1. The molecule has 1 aromatic carbocycles. The Balaban J connectivity index is 2.61. The summed E-state index contributed by atoms with van der Waals surface area (Å²) in [5, 5.41) is 1.26. The van der Waals surface area contributed by atoms with Gasteiger partial charge >= 0.3 is 0 Å². The largest absolute Gasteiger partial charge is 0.348 e. The third-order valence-corrected chi connectivity index (χ3v) is 3.20. The molecule has 0 fully saturated rings. The molecule has 0 aliphatic carbocycles. The number of benzene rings is 1. The molecule has 3 nitrogen and oxygen atoms in total. The van der Waals surface area contributed by atoms with Crippen molar-refractivity contribution in [3.63, 3.8) is 0 Å². The van der Waals surface area contributed by atoms with Crippen LogP contribution in [0.2, 0.25) is 0 Å². The number of hydrogen-bond donors (Lipinski definition) is 0. The van der Waals surface area contributed by atoms with Crippen LogP contribution in [0.25, 0.3) is 10.9 Å². The van der Waals surface area contributed by atoms with E-state index in [1.165, 1.54) is 22.2 Å². The van der Waals surface area contributed by atoms with Gasteiger partial charge in [-0.25, -0.2) is 9.79 Å². The number of nitrogens with zero attached hydrogens (tertiary/aromatic N) is 2. The SMILES string of the molecule is Cc1c(C)n(C)c2cc(CN=C=O)ccc12. The molecule has 16 heavy (non-hydrogen) atoms. The van der Waals surface area contributed by atoms with Gasteiger partial charge in [0.1, 0.15) is 0 Å². The van der Waals surface area contributed by atoms with Crippen LogP contribution in [-0.2, 0) is 18.4 Å². The zero-order valence-corrected chi connectivity index (χ0v) is 9.74. The molecule has 0 unspecified atom stereocenters. The van der Waals surface area contributed by atoms with Crippen LogP contribution in [0, 0.1) is 13.8 Å². The lowest BCUT2D eigenvalue weighted by molar-refractivity contribution is 0.563. The highest BCUT2D eigenvalue weighted by Gasteiger charge is 2.08. The van der Waals surface area contributed by atoms with E-state index in [4.69, 9.17) is 0 Å². The number of rotatable bonds is 2. The first-order valence-electron chi connectivity index (χ1n) is 5.23. The zero-order valence-electron chi connectivity index (χ0n) is 9.74. The van der Waals surface area contributed by atoms with Gasteiger partial charge in [0.15, 0.2) is 0 Å². The molecule has 2 aromatic rings. The molecule has 0 atom stereocenters. The van der Waals surface area contributed by atoms with Crippen LogP contribution in [0.15, 0.2) is 23.2 Å². The molecule has 82 valence electrons. The fraction of sp³-hybridized carbons (Fsp3) is 0.308. The Labute approximate surface area is 94.4 Å². The van der Waals surface area contributed by atoms with E-state index in [0.29, 0.717) is 6.54 Å². The van der Waals surface area contributed by atoms with E-state index >= 15 is 0 Å². The molecule has 1 heterocycles. The van der Waals surface area contributed by atoms with Crippen molar-refractivity contribution >= 4 is 17.0 Å². The molecular formula is C13H14N2O. The monoisotopic (exact) mass is 214 g/mol. The molecule has 0 saturated carbocycles. The second-order valence-electron chi connectivity index (χ2n) is 4.03. The lowest BCUT2D eigenvalue weighted by Crippen LogP contribution is -1.91. The molecule has 1 aromatic heterocycles. The van der Waals surface area contributed by atoms with E-state index in [0.717, 1.165) is 5.56 Å². The molecule has 2 rings (SSSR count). The number of aliphatic imine (C=N–C) groups is 1. The summed E-state index contributed by atoms with van der Waals surface area (Å²) in [6.07, 6.45) is 1.56. The van der Waals surface area contributed by atoms with Crippen molar-refractivity contribution in [3.8, 4) is 0 Å². The topological polar surface area (TPSA) is 34.4 Å². The lowest BCUT2D eigenvalue weighted by Gasteiger charge is -2.00. The van der Waals surface area contributed by atoms with E-state index in [-0.39, 0.29) is 0 Å². The van der Waals surface area contributed by atoms with Gasteiger partial charge in [-0.1, -0.05) is 12.1 Å². The maximum absolute atomic E-state index is 10.1. The average molecular weight is 214 g/mol. The molecule has 3 heteroatoms. The highest BCUT2D eigenvalue weighted by Crippen LogP contribution is 2.25. The number of isocyanates is 1. The summed E-state index contributed by atoms with van der Waals surface area (Å²) in [5.74, 6) is 0. The van der Waals surface area contributed by atoms with E-state index in [2.05, 4.69) is 42.6 Å². The molecule has 0 aliphatic heterocycles. The Morgan fingerprint density at radius 1 is 1.38 bits per heavy atom. The van der Waals surface area contributed by atoms with Crippen molar-refractivity contribution in [2.75, 3.05) is 0 Å².